The van der Waals surface area contributed by atoms with Gasteiger partial charge in [0.15, 0.2) is 0 Å². The molecule has 1 heterocycles. The Bertz CT molecular complexity index is 861. The molecule has 1 saturated heterocycles. The monoisotopic (exact) mass is 387 g/mol. The molecule has 0 radical (unpaired) electrons. The van der Waals surface area contributed by atoms with Crippen molar-refractivity contribution in [2.24, 2.45) is 0 Å². The van der Waals surface area contributed by atoms with Crippen molar-refractivity contribution in [2.45, 2.75) is 31.1 Å². The summed E-state index contributed by atoms with van der Waals surface area (Å²) in [4.78, 5) is 4.91. The van der Waals surface area contributed by atoms with Crippen LogP contribution in [0.2, 0.25) is 0 Å². The first-order valence-corrected chi connectivity index (χ1v) is 10.8. The van der Waals surface area contributed by atoms with Crippen LogP contribution in [-0.4, -0.2) is 46.5 Å². The molecule has 0 bridgehead atoms. The molecule has 0 unspecified atom stereocenters. The predicted molar refractivity (Wildman–Crippen MR) is 112 cm³/mol. The number of hydrogen-bond acceptors (Lipinski definition) is 4. The number of sulfonamides is 1. The molecule has 0 atom stereocenters. The van der Waals surface area contributed by atoms with Crippen molar-refractivity contribution in [1.82, 2.24) is 4.90 Å². The minimum Gasteiger partial charge on any atom is -0.369 e. The van der Waals surface area contributed by atoms with Crippen LogP contribution in [0, 0.1) is 0 Å². The maximum absolute atomic E-state index is 12.7. The number of likely N-dealkylation sites (N-methyl/N-ethyl adjacent to an activating group) is 1. The lowest BCUT2D eigenvalue weighted by Crippen LogP contribution is -2.44. The van der Waals surface area contributed by atoms with Gasteiger partial charge in [-0.3, -0.25) is 4.72 Å². The lowest BCUT2D eigenvalue weighted by Gasteiger charge is -2.34. The highest BCUT2D eigenvalue weighted by Crippen LogP contribution is 2.25. The molecule has 1 N–H and O–H groups in total. The molecule has 27 heavy (non-hydrogen) atoms. The number of nitrogens with zero attached hydrogens (tertiary/aromatic N) is 2. The lowest BCUT2D eigenvalue weighted by atomic mass is 9.87. The van der Waals surface area contributed by atoms with Crippen molar-refractivity contribution in [1.29, 1.82) is 0 Å². The van der Waals surface area contributed by atoms with Gasteiger partial charge >= 0.3 is 0 Å². The second-order valence-electron chi connectivity index (χ2n) is 8.22. The highest BCUT2D eigenvalue weighted by molar-refractivity contribution is 7.92. The zero-order chi connectivity index (χ0) is 19.7. The quantitative estimate of drug-likeness (QED) is 0.872. The van der Waals surface area contributed by atoms with Gasteiger partial charge in [-0.2, -0.15) is 0 Å². The van der Waals surface area contributed by atoms with Gasteiger partial charge in [0.25, 0.3) is 10.0 Å². The third-order valence-electron chi connectivity index (χ3n) is 5.02. The third kappa shape index (κ3) is 4.82. The maximum Gasteiger partial charge on any atom is 0.261 e. The molecule has 0 amide bonds. The standard InChI is InChI=1S/C21H29N3O2S/c1-21(2,3)17-5-11-20(12-6-17)27(25,26)22-18-7-9-19(10-8-18)24-15-13-23(4)14-16-24/h5-12,22H,13-16H2,1-4H3. The highest BCUT2D eigenvalue weighted by Gasteiger charge is 2.18. The van der Waals surface area contributed by atoms with E-state index in [2.05, 4.69) is 42.3 Å². The minimum absolute atomic E-state index is 0.00515. The summed E-state index contributed by atoms with van der Waals surface area (Å²) in [6.07, 6.45) is 0. The van der Waals surface area contributed by atoms with Crippen LogP contribution in [0.4, 0.5) is 11.4 Å². The average molecular weight is 388 g/mol. The molecule has 2 aromatic carbocycles. The average Bonchev–Trinajstić information content (AvgIpc) is 2.62. The zero-order valence-electron chi connectivity index (χ0n) is 16.6. The van der Waals surface area contributed by atoms with Gasteiger partial charge in [0.1, 0.15) is 0 Å². The van der Waals surface area contributed by atoms with E-state index in [1.54, 1.807) is 12.1 Å². The molecule has 5 nitrogen and oxygen atoms in total. The van der Waals surface area contributed by atoms with Gasteiger partial charge in [0.05, 0.1) is 4.90 Å². The van der Waals surface area contributed by atoms with Crippen LogP contribution < -0.4 is 9.62 Å². The topological polar surface area (TPSA) is 52.6 Å². The van der Waals surface area contributed by atoms with Gasteiger partial charge in [-0.05, 0) is 54.4 Å². The SMILES string of the molecule is CN1CCN(c2ccc(NS(=O)(=O)c3ccc(C(C)(C)C)cc3)cc2)CC1. The summed E-state index contributed by atoms with van der Waals surface area (Å²) in [5.74, 6) is 0. The van der Waals surface area contributed by atoms with Crippen molar-refractivity contribution in [2.75, 3.05) is 42.8 Å². The molecule has 1 fully saturated rings. The Morgan fingerprint density at radius 3 is 1.93 bits per heavy atom. The fraction of sp³-hybridized carbons (Fsp3) is 0.429. The molecule has 6 heteroatoms. The first-order valence-electron chi connectivity index (χ1n) is 9.32. The number of piperazine rings is 1. The third-order valence-corrected chi connectivity index (χ3v) is 6.42. The van der Waals surface area contributed by atoms with Crippen molar-refractivity contribution < 1.29 is 8.42 Å². The van der Waals surface area contributed by atoms with Crippen LogP contribution in [0.15, 0.2) is 53.4 Å². The number of benzene rings is 2. The van der Waals surface area contributed by atoms with E-state index in [-0.39, 0.29) is 10.3 Å². The summed E-state index contributed by atoms with van der Waals surface area (Å²) in [7, 11) is -1.46. The van der Waals surface area contributed by atoms with E-state index >= 15 is 0 Å². The Morgan fingerprint density at radius 1 is 0.852 bits per heavy atom. The van der Waals surface area contributed by atoms with E-state index in [1.165, 1.54) is 0 Å². The Kier molecular flexibility index (Phi) is 5.49. The molecule has 0 saturated carbocycles. The van der Waals surface area contributed by atoms with Crippen molar-refractivity contribution in [3.05, 3.63) is 54.1 Å². The van der Waals surface area contributed by atoms with Gasteiger partial charge in [0, 0.05) is 37.6 Å². The predicted octanol–water partition coefficient (Wildman–Crippen LogP) is 3.54. The molecule has 0 spiro atoms. The van der Waals surface area contributed by atoms with Gasteiger partial charge in [0.2, 0.25) is 0 Å². The molecule has 0 aliphatic carbocycles. The summed E-state index contributed by atoms with van der Waals surface area (Å²) in [5, 5.41) is 0. The summed E-state index contributed by atoms with van der Waals surface area (Å²) in [5.41, 5.74) is 2.81. The number of rotatable bonds is 4. The first-order chi connectivity index (χ1) is 12.6. The summed E-state index contributed by atoms with van der Waals surface area (Å²) < 4.78 is 28.0. The van der Waals surface area contributed by atoms with Gasteiger partial charge in [-0.15, -0.1) is 0 Å². The van der Waals surface area contributed by atoms with Crippen molar-refractivity contribution in [3.8, 4) is 0 Å². The second kappa shape index (κ2) is 7.52. The zero-order valence-corrected chi connectivity index (χ0v) is 17.4. The van der Waals surface area contributed by atoms with E-state index in [4.69, 9.17) is 0 Å². The Morgan fingerprint density at radius 2 is 1.41 bits per heavy atom. The number of nitrogens with one attached hydrogen (secondary N) is 1. The van der Waals surface area contributed by atoms with Gasteiger partial charge in [-0.25, -0.2) is 8.42 Å². The molecule has 146 valence electrons. The van der Waals surface area contributed by atoms with E-state index < -0.39 is 10.0 Å². The molecule has 2 aromatic rings. The largest absolute Gasteiger partial charge is 0.369 e. The Hall–Kier alpha value is -2.05. The summed E-state index contributed by atoms with van der Waals surface area (Å²) in [6.45, 7) is 10.4. The maximum atomic E-state index is 12.7. The minimum atomic E-state index is -3.59. The van der Waals surface area contributed by atoms with Gasteiger partial charge in [-0.1, -0.05) is 32.9 Å². The van der Waals surface area contributed by atoms with Crippen LogP contribution >= 0.6 is 0 Å². The summed E-state index contributed by atoms with van der Waals surface area (Å²) >= 11 is 0. The Labute approximate surface area is 163 Å². The number of anilines is 2. The first kappa shape index (κ1) is 19.7. The molecular weight excluding hydrogens is 358 g/mol. The lowest BCUT2D eigenvalue weighted by molar-refractivity contribution is 0.313. The van der Waals surface area contributed by atoms with Crippen LogP contribution in [0.25, 0.3) is 0 Å². The molecule has 0 aromatic heterocycles. The van der Waals surface area contributed by atoms with Crippen molar-refractivity contribution in [3.63, 3.8) is 0 Å². The molecule has 1 aliphatic heterocycles. The number of hydrogen-bond donors (Lipinski definition) is 1. The van der Waals surface area contributed by atoms with Crippen LogP contribution in [0.3, 0.4) is 0 Å². The summed E-state index contributed by atoms with van der Waals surface area (Å²) in [6, 6.07) is 14.7. The normalized spacial score (nSPS) is 16.4. The van der Waals surface area contributed by atoms with E-state index in [0.717, 1.165) is 37.4 Å². The smallest absolute Gasteiger partial charge is 0.261 e. The van der Waals surface area contributed by atoms with Crippen LogP contribution in [0.5, 0.6) is 0 Å². The molecule has 3 rings (SSSR count). The van der Waals surface area contributed by atoms with Crippen LogP contribution in [-0.2, 0) is 15.4 Å². The Balaban J connectivity index is 1.70. The van der Waals surface area contributed by atoms with Crippen LogP contribution in [0.1, 0.15) is 26.3 Å². The van der Waals surface area contributed by atoms with Gasteiger partial charge < -0.3 is 9.80 Å². The highest BCUT2D eigenvalue weighted by atomic mass is 32.2. The molecular formula is C21H29N3O2S. The van der Waals surface area contributed by atoms with E-state index in [1.807, 2.05) is 36.4 Å². The van der Waals surface area contributed by atoms with E-state index in [0.29, 0.717) is 5.69 Å². The fourth-order valence-electron chi connectivity index (χ4n) is 3.15. The van der Waals surface area contributed by atoms with E-state index in [9.17, 15) is 8.42 Å². The fourth-order valence-corrected chi connectivity index (χ4v) is 4.21. The van der Waals surface area contributed by atoms with Crippen molar-refractivity contribution >= 4 is 21.4 Å². The molecule has 1 aliphatic rings. The second-order valence-corrected chi connectivity index (χ2v) is 9.90.